The number of rotatable bonds is 5. The quantitative estimate of drug-likeness (QED) is 0.895. The summed E-state index contributed by atoms with van der Waals surface area (Å²) in [6.07, 6.45) is -1.04. The molecule has 0 aromatic carbocycles. The molecule has 0 bridgehead atoms. The minimum Gasteiger partial charge on any atom is -0.369 e. The fourth-order valence-corrected chi connectivity index (χ4v) is 2.66. The topological polar surface area (TPSA) is 60.3 Å². The van der Waals surface area contributed by atoms with Crippen LogP contribution in [0.15, 0.2) is 29.2 Å². The first-order valence-corrected chi connectivity index (χ1v) is 7.47. The van der Waals surface area contributed by atoms with Gasteiger partial charge in [-0.2, -0.15) is 13.2 Å². The first-order chi connectivity index (χ1) is 10.8. The van der Waals surface area contributed by atoms with Gasteiger partial charge in [0.1, 0.15) is 13.2 Å². The Balaban J connectivity index is 1.81. The third-order valence-corrected chi connectivity index (χ3v) is 3.69. The molecule has 1 N–H and O–H groups in total. The van der Waals surface area contributed by atoms with E-state index in [4.69, 9.17) is 4.74 Å². The van der Waals surface area contributed by atoms with Crippen molar-refractivity contribution in [1.29, 1.82) is 0 Å². The summed E-state index contributed by atoms with van der Waals surface area (Å²) >= 11 is 0. The van der Waals surface area contributed by atoms with Crippen molar-refractivity contribution in [2.24, 2.45) is 0 Å². The average molecular weight is 332 g/mol. The number of alkyl halides is 3. The standard InChI is InChI=1S/C15H19F3N2O3/c16-15(17,18)10-23-12-5-3-4-11(8-12)19-13(21)9-20-7-2-1-6-14(20)22/h1-2,6-7,11-12H,3-5,8-10H2,(H,19,21)/t11-,12-/m1/s1. The average Bonchev–Trinajstić information content (AvgIpc) is 2.47. The van der Waals surface area contributed by atoms with E-state index in [0.29, 0.717) is 25.7 Å². The zero-order valence-corrected chi connectivity index (χ0v) is 12.5. The summed E-state index contributed by atoms with van der Waals surface area (Å²) in [5.74, 6) is -0.334. The third kappa shape index (κ3) is 6.05. The number of halogens is 3. The molecule has 2 rings (SSSR count). The molecule has 1 heterocycles. The van der Waals surface area contributed by atoms with E-state index < -0.39 is 18.9 Å². The molecule has 1 saturated carbocycles. The number of ether oxygens (including phenoxy) is 1. The van der Waals surface area contributed by atoms with Crippen LogP contribution in [0.2, 0.25) is 0 Å². The number of hydrogen-bond acceptors (Lipinski definition) is 3. The Morgan fingerprint density at radius 3 is 2.83 bits per heavy atom. The van der Waals surface area contributed by atoms with E-state index in [-0.39, 0.29) is 24.1 Å². The first-order valence-electron chi connectivity index (χ1n) is 7.47. The highest BCUT2D eigenvalue weighted by atomic mass is 19.4. The Kier molecular flexibility index (Phi) is 5.81. The molecule has 0 aliphatic heterocycles. The zero-order chi connectivity index (χ0) is 16.9. The van der Waals surface area contributed by atoms with Gasteiger partial charge in [-0.15, -0.1) is 0 Å². The number of aromatic nitrogens is 1. The summed E-state index contributed by atoms with van der Waals surface area (Å²) in [5.41, 5.74) is -0.280. The fourth-order valence-electron chi connectivity index (χ4n) is 2.66. The number of carbonyl (C=O) groups excluding carboxylic acids is 1. The van der Waals surface area contributed by atoms with Crippen LogP contribution >= 0.6 is 0 Å². The van der Waals surface area contributed by atoms with Crippen LogP contribution in [-0.4, -0.2) is 35.4 Å². The number of amides is 1. The van der Waals surface area contributed by atoms with Crippen molar-refractivity contribution in [1.82, 2.24) is 9.88 Å². The Bertz CT molecular complexity index is 586. The molecule has 0 saturated heterocycles. The van der Waals surface area contributed by atoms with Gasteiger partial charge in [0.05, 0.1) is 6.10 Å². The van der Waals surface area contributed by atoms with Gasteiger partial charge in [0.15, 0.2) is 0 Å². The molecule has 128 valence electrons. The molecule has 1 aliphatic carbocycles. The predicted octanol–water partition coefficient (Wildman–Crippen LogP) is 1.85. The zero-order valence-electron chi connectivity index (χ0n) is 12.5. The molecular weight excluding hydrogens is 313 g/mol. The van der Waals surface area contributed by atoms with Crippen LogP contribution in [0.5, 0.6) is 0 Å². The van der Waals surface area contributed by atoms with E-state index >= 15 is 0 Å². The molecule has 1 fully saturated rings. The highest BCUT2D eigenvalue weighted by Crippen LogP contribution is 2.24. The largest absolute Gasteiger partial charge is 0.411 e. The lowest BCUT2D eigenvalue weighted by Crippen LogP contribution is -2.43. The second kappa shape index (κ2) is 7.63. The number of nitrogens with zero attached hydrogens (tertiary/aromatic N) is 1. The van der Waals surface area contributed by atoms with Crippen LogP contribution in [0.4, 0.5) is 13.2 Å². The van der Waals surface area contributed by atoms with Gasteiger partial charge in [0.2, 0.25) is 5.91 Å². The highest BCUT2D eigenvalue weighted by molar-refractivity contribution is 5.76. The summed E-state index contributed by atoms with van der Waals surface area (Å²) in [6.45, 7) is -1.37. The number of nitrogens with one attached hydrogen (secondary N) is 1. The van der Waals surface area contributed by atoms with Crippen molar-refractivity contribution in [2.45, 2.75) is 50.6 Å². The summed E-state index contributed by atoms with van der Waals surface area (Å²) in [6, 6.07) is 4.36. The van der Waals surface area contributed by atoms with Crippen LogP contribution in [0.25, 0.3) is 0 Å². The molecule has 5 nitrogen and oxygen atoms in total. The Morgan fingerprint density at radius 1 is 1.35 bits per heavy atom. The first kappa shape index (κ1) is 17.5. The van der Waals surface area contributed by atoms with E-state index in [9.17, 15) is 22.8 Å². The maximum Gasteiger partial charge on any atom is 0.411 e. The van der Waals surface area contributed by atoms with Crippen LogP contribution < -0.4 is 10.9 Å². The second-order valence-electron chi connectivity index (χ2n) is 5.65. The SMILES string of the molecule is O=C(Cn1ccccc1=O)N[C@@H]1CCC[C@@H](OCC(F)(F)F)C1. The van der Waals surface area contributed by atoms with Crippen LogP contribution in [0.3, 0.4) is 0 Å². The second-order valence-corrected chi connectivity index (χ2v) is 5.65. The summed E-state index contributed by atoms with van der Waals surface area (Å²) in [4.78, 5) is 23.5. The maximum atomic E-state index is 12.2. The molecule has 0 spiro atoms. The normalized spacial score (nSPS) is 21.9. The van der Waals surface area contributed by atoms with Crippen LogP contribution in [-0.2, 0) is 16.1 Å². The molecule has 0 unspecified atom stereocenters. The van der Waals surface area contributed by atoms with Gasteiger partial charge < -0.3 is 14.6 Å². The van der Waals surface area contributed by atoms with Gasteiger partial charge in [0.25, 0.3) is 5.56 Å². The number of pyridine rings is 1. The van der Waals surface area contributed by atoms with Crippen molar-refractivity contribution in [3.63, 3.8) is 0 Å². The Morgan fingerprint density at radius 2 is 2.13 bits per heavy atom. The number of hydrogen-bond donors (Lipinski definition) is 1. The van der Waals surface area contributed by atoms with Gasteiger partial charge in [-0.25, -0.2) is 0 Å². The lowest BCUT2D eigenvalue weighted by molar-refractivity contribution is -0.188. The fraction of sp³-hybridized carbons (Fsp3) is 0.600. The van der Waals surface area contributed by atoms with E-state index in [1.54, 1.807) is 12.1 Å². The molecular formula is C15H19F3N2O3. The lowest BCUT2D eigenvalue weighted by Gasteiger charge is -2.30. The molecule has 1 amide bonds. The summed E-state index contributed by atoms with van der Waals surface area (Å²) in [5, 5.41) is 2.76. The van der Waals surface area contributed by atoms with Crippen molar-refractivity contribution in [3.05, 3.63) is 34.7 Å². The van der Waals surface area contributed by atoms with Gasteiger partial charge in [0, 0.05) is 18.3 Å². The minimum absolute atomic E-state index is 0.107. The van der Waals surface area contributed by atoms with E-state index in [0.717, 1.165) is 0 Å². The predicted molar refractivity (Wildman–Crippen MR) is 76.9 cm³/mol. The van der Waals surface area contributed by atoms with Crippen molar-refractivity contribution < 1.29 is 22.7 Å². The van der Waals surface area contributed by atoms with E-state index in [1.807, 2.05) is 0 Å². The highest BCUT2D eigenvalue weighted by Gasteiger charge is 2.31. The lowest BCUT2D eigenvalue weighted by atomic mass is 9.93. The summed E-state index contributed by atoms with van der Waals surface area (Å²) in [7, 11) is 0. The molecule has 23 heavy (non-hydrogen) atoms. The van der Waals surface area contributed by atoms with E-state index in [1.165, 1.54) is 16.8 Å². The molecule has 1 aliphatic rings. The third-order valence-electron chi connectivity index (χ3n) is 3.69. The van der Waals surface area contributed by atoms with Crippen LogP contribution in [0.1, 0.15) is 25.7 Å². The van der Waals surface area contributed by atoms with Crippen molar-refractivity contribution in [2.75, 3.05) is 6.61 Å². The van der Waals surface area contributed by atoms with Gasteiger partial charge in [-0.3, -0.25) is 9.59 Å². The van der Waals surface area contributed by atoms with E-state index in [2.05, 4.69) is 5.32 Å². The van der Waals surface area contributed by atoms with Gasteiger partial charge in [-0.1, -0.05) is 6.07 Å². The monoisotopic (exact) mass is 332 g/mol. The molecule has 8 heteroatoms. The Labute approximate surface area is 131 Å². The van der Waals surface area contributed by atoms with Gasteiger partial charge in [-0.05, 0) is 31.7 Å². The molecule has 2 atom stereocenters. The van der Waals surface area contributed by atoms with Crippen LogP contribution in [0, 0.1) is 0 Å². The smallest absolute Gasteiger partial charge is 0.369 e. The Hall–Kier alpha value is -1.83. The maximum absolute atomic E-state index is 12.2. The van der Waals surface area contributed by atoms with Gasteiger partial charge >= 0.3 is 6.18 Å². The minimum atomic E-state index is -4.34. The molecule has 1 aromatic rings. The van der Waals surface area contributed by atoms with Crippen molar-refractivity contribution in [3.8, 4) is 0 Å². The molecule has 0 radical (unpaired) electrons. The summed E-state index contributed by atoms with van der Waals surface area (Å²) < 4.78 is 42.7. The molecule has 1 aromatic heterocycles. The number of carbonyl (C=O) groups is 1. The van der Waals surface area contributed by atoms with Crippen molar-refractivity contribution >= 4 is 5.91 Å².